The molecule has 1 heteroatoms. The number of carbonyl (C=O) groups excluding carboxylic acids is 1. The van der Waals surface area contributed by atoms with Gasteiger partial charge in [-0.3, -0.25) is 0 Å². The molecule has 0 aromatic heterocycles. The highest BCUT2D eigenvalue weighted by Crippen LogP contribution is 2.37. The highest BCUT2D eigenvalue weighted by Gasteiger charge is 2.31. The minimum atomic E-state index is -0.263. The number of hydrogen-bond acceptors (Lipinski definition) is 1. The Hall–Kier alpha value is -0.590. The van der Waals surface area contributed by atoms with Gasteiger partial charge in [0.15, 0.2) is 0 Å². The molecule has 1 rings (SSSR count). The molecule has 68 valence electrons. The van der Waals surface area contributed by atoms with Gasteiger partial charge in [-0.15, -0.1) is 6.58 Å². The Morgan fingerprint density at radius 3 is 2.33 bits per heavy atom. The zero-order valence-corrected chi connectivity index (χ0v) is 7.88. The van der Waals surface area contributed by atoms with E-state index in [-0.39, 0.29) is 5.41 Å². The van der Waals surface area contributed by atoms with Crippen LogP contribution in [0.2, 0.25) is 0 Å². The van der Waals surface area contributed by atoms with Crippen LogP contribution in [0.25, 0.3) is 0 Å². The number of hydrogen-bond donors (Lipinski definition) is 0. The summed E-state index contributed by atoms with van der Waals surface area (Å²) in [5.74, 6) is 0.543. The van der Waals surface area contributed by atoms with Gasteiger partial charge in [0.25, 0.3) is 0 Å². The molecule has 1 fully saturated rings. The van der Waals surface area contributed by atoms with E-state index in [1.807, 2.05) is 13.0 Å². The normalized spacial score (nSPS) is 24.4. The second-order valence-corrected chi connectivity index (χ2v) is 4.02. The zero-order chi connectivity index (χ0) is 9.03. The molecule has 0 amide bonds. The molecule has 0 bridgehead atoms. The molecule has 0 aliphatic heterocycles. The van der Waals surface area contributed by atoms with E-state index in [9.17, 15) is 4.79 Å². The van der Waals surface area contributed by atoms with Crippen LogP contribution in [0.15, 0.2) is 12.7 Å². The first-order chi connectivity index (χ1) is 5.73. The van der Waals surface area contributed by atoms with Crippen molar-refractivity contribution in [3.05, 3.63) is 12.7 Å². The molecule has 1 atom stereocenters. The third-order valence-electron chi connectivity index (χ3n) is 3.18. The lowest BCUT2D eigenvalue weighted by Gasteiger charge is -2.32. The maximum Gasteiger partial charge on any atom is 0.129 e. The van der Waals surface area contributed by atoms with Crippen LogP contribution >= 0.6 is 0 Å². The summed E-state index contributed by atoms with van der Waals surface area (Å²) in [5.41, 5.74) is -0.263. The Kier molecular flexibility index (Phi) is 3.07. The molecule has 0 heterocycles. The molecule has 0 spiro atoms. The van der Waals surface area contributed by atoms with E-state index >= 15 is 0 Å². The summed E-state index contributed by atoms with van der Waals surface area (Å²) >= 11 is 0. The summed E-state index contributed by atoms with van der Waals surface area (Å²) in [6, 6.07) is 0. The van der Waals surface area contributed by atoms with Gasteiger partial charge in [0, 0.05) is 5.41 Å². The molecule has 0 aromatic rings. The second-order valence-electron chi connectivity index (χ2n) is 4.02. The zero-order valence-electron chi connectivity index (χ0n) is 7.88. The number of rotatable bonds is 3. The van der Waals surface area contributed by atoms with Gasteiger partial charge in [0.2, 0.25) is 0 Å². The van der Waals surface area contributed by atoms with Crippen LogP contribution in [0, 0.1) is 11.3 Å². The van der Waals surface area contributed by atoms with Gasteiger partial charge >= 0.3 is 0 Å². The minimum absolute atomic E-state index is 0.263. The van der Waals surface area contributed by atoms with Crippen molar-refractivity contribution in [2.24, 2.45) is 11.3 Å². The highest BCUT2D eigenvalue weighted by molar-refractivity contribution is 5.62. The van der Waals surface area contributed by atoms with E-state index < -0.39 is 0 Å². The van der Waals surface area contributed by atoms with E-state index in [1.165, 1.54) is 32.1 Å². The Bertz CT molecular complexity index is 158. The molecule has 1 saturated carbocycles. The molecular formula is C11H18O. The Labute approximate surface area is 74.9 Å². The molecule has 0 aromatic carbocycles. The standard InChI is InChI=1S/C11H18O/c1-3-11(2,9-12)10-7-5-4-6-8-10/h3,9-10H,1,4-8H2,2H3. The predicted molar refractivity (Wildman–Crippen MR) is 50.9 cm³/mol. The third-order valence-corrected chi connectivity index (χ3v) is 3.18. The van der Waals surface area contributed by atoms with Crippen molar-refractivity contribution < 1.29 is 4.79 Å². The lowest BCUT2D eigenvalue weighted by Crippen LogP contribution is -2.28. The molecule has 1 aliphatic carbocycles. The smallest absolute Gasteiger partial charge is 0.129 e. The molecular weight excluding hydrogens is 148 g/mol. The maximum atomic E-state index is 10.9. The minimum Gasteiger partial charge on any atom is -0.302 e. The van der Waals surface area contributed by atoms with E-state index in [2.05, 4.69) is 6.58 Å². The van der Waals surface area contributed by atoms with Gasteiger partial charge in [-0.25, -0.2) is 0 Å². The molecule has 1 unspecified atom stereocenters. The van der Waals surface area contributed by atoms with E-state index in [4.69, 9.17) is 0 Å². The van der Waals surface area contributed by atoms with Crippen LogP contribution < -0.4 is 0 Å². The van der Waals surface area contributed by atoms with Crippen molar-refractivity contribution >= 4 is 6.29 Å². The third kappa shape index (κ3) is 1.77. The van der Waals surface area contributed by atoms with E-state index in [1.54, 1.807) is 0 Å². The highest BCUT2D eigenvalue weighted by atomic mass is 16.1. The van der Waals surface area contributed by atoms with Gasteiger partial charge in [-0.1, -0.05) is 25.3 Å². The van der Waals surface area contributed by atoms with Crippen LogP contribution in [0.5, 0.6) is 0 Å². The first kappa shape index (κ1) is 9.50. The molecule has 1 nitrogen and oxygen atoms in total. The Morgan fingerprint density at radius 2 is 1.92 bits per heavy atom. The molecule has 0 radical (unpaired) electrons. The van der Waals surface area contributed by atoms with Crippen LogP contribution in [-0.4, -0.2) is 6.29 Å². The summed E-state index contributed by atoms with van der Waals surface area (Å²) in [6.45, 7) is 5.75. The SMILES string of the molecule is C=CC(C)(C=O)C1CCCCC1. The fraction of sp³-hybridized carbons (Fsp3) is 0.727. The van der Waals surface area contributed by atoms with E-state index in [0.717, 1.165) is 6.29 Å². The van der Waals surface area contributed by atoms with E-state index in [0.29, 0.717) is 5.92 Å². The summed E-state index contributed by atoms with van der Waals surface area (Å²) in [5, 5.41) is 0. The number of allylic oxidation sites excluding steroid dienone is 1. The predicted octanol–water partition coefficient (Wildman–Crippen LogP) is 2.96. The fourth-order valence-electron chi connectivity index (χ4n) is 2.04. The average molecular weight is 166 g/mol. The summed E-state index contributed by atoms with van der Waals surface area (Å²) in [4.78, 5) is 10.9. The van der Waals surface area contributed by atoms with Gasteiger partial charge < -0.3 is 4.79 Å². The van der Waals surface area contributed by atoms with Crippen LogP contribution in [0.1, 0.15) is 39.0 Å². The van der Waals surface area contributed by atoms with Gasteiger partial charge in [0.1, 0.15) is 6.29 Å². The topological polar surface area (TPSA) is 17.1 Å². The van der Waals surface area contributed by atoms with Crippen molar-refractivity contribution in [2.75, 3.05) is 0 Å². The second kappa shape index (κ2) is 3.88. The number of aldehydes is 1. The molecule has 12 heavy (non-hydrogen) atoms. The quantitative estimate of drug-likeness (QED) is 0.465. The molecule has 1 aliphatic rings. The van der Waals surface area contributed by atoms with Gasteiger partial charge in [-0.2, -0.15) is 0 Å². The van der Waals surface area contributed by atoms with Crippen LogP contribution in [0.3, 0.4) is 0 Å². The van der Waals surface area contributed by atoms with Crippen molar-refractivity contribution in [3.8, 4) is 0 Å². The lowest BCUT2D eigenvalue weighted by atomic mass is 9.71. The van der Waals surface area contributed by atoms with Crippen molar-refractivity contribution in [1.29, 1.82) is 0 Å². The van der Waals surface area contributed by atoms with Gasteiger partial charge in [-0.05, 0) is 25.7 Å². The number of carbonyl (C=O) groups is 1. The monoisotopic (exact) mass is 166 g/mol. The van der Waals surface area contributed by atoms with Crippen LogP contribution in [-0.2, 0) is 4.79 Å². The van der Waals surface area contributed by atoms with Crippen molar-refractivity contribution in [2.45, 2.75) is 39.0 Å². The average Bonchev–Trinajstić information content (AvgIpc) is 2.18. The van der Waals surface area contributed by atoms with Crippen LogP contribution in [0.4, 0.5) is 0 Å². The van der Waals surface area contributed by atoms with Crippen molar-refractivity contribution in [3.63, 3.8) is 0 Å². The summed E-state index contributed by atoms with van der Waals surface area (Å²) < 4.78 is 0. The summed E-state index contributed by atoms with van der Waals surface area (Å²) in [7, 11) is 0. The lowest BCUT2D eigenvalue weighted by molar-refractivity contribution is -0.116. The first-order valence-electron chi connectivity index (χ1n) is 4.83. The fourth-order valence-corrected chi connectivity index (χ4v) is 2.04. The molecule has 0 saturated heterocycles. The first-order valence-corrected chi connectivity index (χ1v) is 4.83. The Balaban J connectivity index is 2.63. The van der Waals surface area contributed by atoms with Crippen molar-refractivity contribution in [1.82, 2.24) is 0 Å². The summed E-state index contributed by atoms with van der Waals surface area (Å²) in [6.07, 6.45) is 9.17. The Morgan fingerprint density at radius 1 is 1.33 bits per heavy atom. The molecule has 0 N–H and O–H groups in total. The largest absolute Gasteiger partial charge is 0.302 e. The van der Waals surface area contributed by atoms with Gasteiger partial charge in [0.05, 0.1) is 0 Å². The maximum absolute atomic E-state index is 10.9.